The van der Waals surface area contributed by atoms with Gasteiger partial charge in [0.1, 0.15) is 0 Å². The summed E-state index contributed by atoms with van der Waals surface area (Å²) in [4.78, 5) is 14.6. The normalized spacial score (nSPS) is 15.8. The number of aromatic nitrogens is 1. The highest BCUT2D eigenvalue weighted by Gasteiger charge is 2.15. The summed E-state index contributed by atoms with van der Waals surface area (Å²) < 4.78 is 5.09. The zero-order chi connectivity index (χ0) is 14.8. The standard InChI is InChI=1S/C16H11NO3S/c18-13-9-8-10-4-1-2-5-11(10)12(13)6-3-7-14-15(19)17-16(21)20-14/h1-9,19H,(H,17,21). The Balaban J connectivity index is 1.96. The minimum absolute atomic E-state index is 0.0578. The first-order valence-electron chi connectivity index (χ1n) is 6.27. The number of ketones is 1. The van der Waals surface area contributed by atoms with Crippen molar-refractivity contribution in [1.82, 2.24) is 4.98 Å². The number of allylic oxidation sites excluding steroid dienone is 4. The summed E-state index contributed by atoms with van der Waals surface area (Å²) in [5.41, 5.74) is 2.48. The first-order valence-corrected chi connectivity index (χ1v) is 6.68. The van der Waals surface area contributed by atoms with Crippen LogP contribution < -0.4 is 0 Å². The van der Waals surface area contributed by atoms with Crippen molar-refractivity contribution in [2.75, 3.05) is 0 Å². The van der Waals surface area contributed by atoms with Crippen molar-refractivity contribution in [3.8, 4) is 5.88 Å². The second-order valence-electron chi connectivity index (χ2n) is 4.45. The summed E-state index contributed by atoms with van der Waals surface area (Å²) >= 11 is 4.77. The van der Waals surface area contributed by atoms with E-state index < -0.39 is 0 Å². The van der Waals surface area contributed by atoms with E-state index in [1.807, 2.05) is 24.3 Å². The fourth-order valence-electron chi connectivity index (χ4n) is 2.12. The number of carbonyl (C=O) groups is 1. The monoisotopic (exact) mass is 297 g/mol. The van der Waals surface area contributed by atoms with E-state index in [4.69, 9.17) is 16.6 Å². The number of hydrogen-bond acceptors (Lipinski definition) is 4. The summed E-state index contributed by atoms with van der Waals surface area (Å²) in [5, 5.41) is 9.51. The van der Waals surface area contributed by atoms with Gasteiger partial charge in [-0.3, -0.25) is 9.78 Å². The van der Waals surface area contributed by atoms with E-state index in [1.54, 1.807) is 30.4 Å². The summed E-state index contributed by atoms with van der Waals surface area (Å²) in [6, 6.07) is 7.66. The Kier molecular flexibility index (Phi) is 3.41. The van der Waals surface area contributed by atoms with E-state index in [1.165, 1.54) is 0 Å². The van der Waals surface area contributed by atoms with Gasteiger partial charge in [-0.2, -0.15) is 0 Å². The maximum atomic E-state index is 12.0. The number of rotatable bonds is 2. The predicted molar refractivity (Wildman–Crippen MR) is 83.1 cm³/mol. The average Bonchev–Trinajstić information content (AvgIpc) is 2.79. The minimum atomic E-state index is -0.134. The zero-order valence-electron chi connectivity index (χ0n) is 10.9. The van der Waals surface area contributed by atoms with Crippen molar-refractivity contribution in [3.63, 3.8) is 0 Å². The Morgan fingerprint density at radius 1 is 1.24 bits per heavy atom. The predicted octanol–water partition coefficient (Wildman–Crippen LogP) is 3.74. The highest BCUT2D eigenvalue weighted by Crippen LogP contribution is 2.26. The number of H-pyrrole nitrogens is 1. The fourth-order valence-corrected chi connectivity index (χ4v) is 2.31. The lowest BCUT2D eigenvalue weighted by Crippen LogP contribution is -2.03. The van der Waals surface area contributed by atoms with Gasteiger partial charge >= 0.3 is 0 Å². The quantitative estimate of drug-likeness (QED) is 0.654. The van der Waals surface area contributed by atoms with Crippen LogP contribution in [0.4, 0.5) is 0 Å². The molecule has 1 aromatic carbocycles. The van der Waals surface area contributed by atoms with E-state index >= 15 is 0 Å². The molecular weight excluding hydrogens is 286 g/mol. The molecule has 0 spiro atoms. The molecule has 2 aromatic rings. The Bertz CT molecular complexity index is 852. The lowest BCUT2D eigenvalue weighted by Gasteiger charge is -2.12. The molecule has 1 aliphatic carbocycles. The molecular formula is C16H11NO3S. The highest BCUT2D eigenvalue weighted by molar-refractivity contribution is 7.71. The van der Waals surface area contributed by atoms with Crippen LogP contribution in [-0.2, 0) is 4.79 Å². The summed E-state index contributed by atoms with van der Waals surface area (Å²) in [6.45, 7) is 0. The summed E-state index contributed by atoms with van der Waals surface area (Å²) in [5.74, 6) is 0.0337. The molecule has 3 rings (SSSR count). The lowest BCUT2D eigenvalue weighted by atomic mass is 9.91. The van der Waals surface area contributed by atoms with Crippen LogP contribution in [0.5, 0.6) is 5.88 Å². The van der Waals surface area contributed by atoms with Crippen LogP contribution in [-0.4, -0.2) is 15.9 Å². The fraction of sp³-hybridized carbons (Fsp3) is 0. The van der Waals surface area contributed by atoms with Gasteiger partial charge in [-0.1, -0.05) is 42.5 Å². The molecule has 0 bridgehead atoms. The Morgan fingerprint density at radius 2 is 2.05 bits per heavy atom. The van der Waals surface area contributed by atoms with E-state index in [-0.39, 0.29) is 22.3 Å². The SMILES string of the molecule is O=C1C=Cc2ccccc2C1=CC=Cc1oc(=S)[nH]c1O. The molecule has 1 aromatic heterocycles. The van der Waals surface area contributed by atoms with Crippen LogP contribution in [0.3, 0.4) is 0 Å². The molecule has 5 heteroatoms. The van der Waals surface area contributed by atoms with Crippen molar-refractivity contribution in [1.29, 1.82) is 0 Å². The Labute approximate surface area is 125 Å². The number of fused-ring (bicyclic) bond motifs is 1. The van der Waals surface area contributed by atoms with Gasteiger partial charge in [-0.05, 0) is 35.5 Å². The van der Waals surface area contributed by atoms with Crippen LogP contribution in [0.1, 0.15) is 16.9 Å². The molecule has 0 saturated carbocycles. The Hall–Kier alpha value is -2.66. The van der Waals surface area contributed by atoms with Crippen LogP contribution in [0, 0.1) is 4.84 Å². The van der Waals surface area contributed by atoms with Crippen molar-refractivity contribution >= 4 is 35.7 Å². The maximum Gasteiger partial charge on any atom is 0.269 e. The van der Waals surface area contributed by atoms with E-state index in [0.29, 0.717) is 5.57 Å². The van der Waals surface area contributed by atoms with Gasteiger partial charge in [-0.15, -0.1) is 0 Å². The second kappa shape index (κ2) is 5.38. The molecule has 4 nitrogen and oxygen atoms in total. The van der Waals surface area contributed by atoms with Crippen LogP contribution in [0.2, 0.25) is 0 Å². The van der Waals surface area contributed by atoms with Crippen LogP contribution in [0.15, 0.2) is 46.9 Å². The number of benzene rings is 1. The molecule has 0 amide bonds. The number of aromatic hydroxyl groups is 1. The third kappa shape index (κ3) is 2.64. The molecule has 0 atom stereocenters. The number of oxazole rings is 1. The molecule has 0 saturated heterocycles. The van der Waals surface area contributed by atoms with Crippen molar-refractivity contribution < 1.29 is 14.3 Å². The third-order valence-electron chi connectivity index (χ3n) is 3.10. The van der Waals surface area contributed by atoms with Crippen LogP contribution in [0.25, 0.3) is 17.7 Å². The molecule has 0 unspecified atom stereocenters. The van der Waals surface area contributed by atoms with Gasteiger partial charge in [0, 0.05) is 5.57 Å². The highest BCUT2D eigenvalue weighted by atomic mass is 32.1. The van der Waals surface area contributed by atoms with E-state index in [0.717, 1.165) is 11.1 Å². The number of hydrogen-bond donors (Lipinski definition) is 2. The Morgan fingerprint density at radius 3 is 2.81 bits per heavy atom. The molecule has 0 fully saturated rings. The van der Waals surface area contributed by atoms with Gasteiger partial charge in [-0.25, -0.2) is 0 Å². The van der Waals surface area contributed by atoms with Gasteiger partial charge < -0.3 is 9.52 Å². The van der Waals surface area contributed by atoms with Gasteiger partial charge in [0.05, 0.1) is 0 Å². The topological polar surface area (TPSA) is 66.2 Å². The van der Waals surface area contributed by atoms with Crippen LogP contribution >= 0.6 is 12.2 Å². The zero-order valence-corrected chi connectivity index (χ0v) is 11.7. The van der Waals surface area contributed by atoms with Crippen molar-refractivity contribution in [3.05, 3.63) is 64.2 Å². The first-order chi connectivity index (χ1) is 10.1. The molecule has 0 radical (unpaired) electrons. The number of aromatic amines is 1. The van der Waals surface area contributed by atoms with Crippen molar-refractivity contribution in [2.45, 2.75) is 0 Å². The smallest absolute Gasteiger partial charge is 0.269 e. The molecule has 1 aliphatic rings. The average molecular weight is 297 g/mol. The summed E-state index contributed by atoms with van der Waals surface area (Å²) in [6.07, 6.45) is 8.22. The minimum Gasteiger partial charge on any atom is -0.492 e. The van der Waals surface area contributed by atoms with Gasteiger partial charge in [0.25, 0.3) is 4.84 Å². The lowest BCUT2D eigenvalue weighted by molar-refractivity contribution is -0.109. The largest absolute Gasteiger partial charge is 0.492 e. The third-order valence-corrected chi connectivity index (χ3v) is 3.28. The molecule has 0 aliphatic heterocycles. The molecule has 104 valence electrons. The molecule has 1 heterocycles. The van der Waals surface area contributed by atoms with Crippen molar-refractivity contribution in [2.24, 2.45) is 0 Å². The number of carbonyl (C=O) groups excluding carboxylic acids is 1. The molecule has 2 N–H and O–H groups in total. The second-order valence-corrected chi connectivity index (χ2v) is 4.82. The maximum absolute atomic E-state index is 12.0. The number of nitrogens with one attached hydrogen (secondary N) is 1. The van der Waals surface area contributed by atoms with Gasteiger partial charge in [0.2, 0.25) is 5.88 Å². The van der Waals surface area contributed by atoms with E-state index in [2.05, 4.69) is 4.98 Å². The summed E-state index contributed by atoms with van der Waals surface area (Å²) in [7, 11) is 0. The first kappa shape index (κ1) is 13.3. The molecule has 21 heavy (non-hydrogen) atoms. The van der Waals surface area contributed by atoms with E-state index in [9.17, 15) is 9.90 Å². The van der Waals surface area contributed by atoms with Gasteiger partial charge in [0.15, 0.2) is 11.5 Å².